The Kier molecular flexibility index (Phi) is 6.38. The van der Waals surface area contributed by atoms with Crippen molar-refractivity contribution in [3.8, 4) is 0 Å². The van der Waals surface area contributed by atoms with Crippen molar-refractivity contribution < 1.29 is 18.0 Å². The number of hydrogen-bond acceptors (Lipinski definition) is 4. The van der Waals surface area contributed by atoms with Gasteiger partial charge in [0, 0.05) is 18.5 Å². The summed E-state index contributed by atoms with van der Waals surface area (Å²) >= 11 is 0. The van der Waals surface area contributed by atoms with E-state index in [1.807, 2.05) is 30.3 Å². The van der Waals surface area contributed by atoms with Crippen LogP contribution in [0.15, 0.2) is 59.5 Å². The second-order valence-electron chi connectivity index (χ2n) is 8.48. The first-order chi connectivity index (χ1) is 14.9. The Morgan fingerprint density at radius 1 is 0.935 bits per heavy atom. The van der Waals surface area contributed by atoms with Gasteiger partial charge in [-0.1, -0.05) is 42.8 Å². The number of hydrogen-bond donors (Lipinski definition) is 3. The first-order valence-electron chi connectivity index (χ1n) is 10.6. The number of amides is 2. The monoisotopic (exact) mass is 441 g/mol. The Labute approximate surface area is 182 Å². The molecule has 0 aromatic heterocycles. The van der Waals surface area contributed by atoms with Crippen LogP contribution in [0.4, 0.5) is 0 Å². The number of fused-ring (bicyclic) bond motifs is 2. The maximum absolute atomic E-state index is 12.6. The topological polar surface area (TPSA) is 104 Å². The van der Waals surface area contributed by atoms with Crippen molar-refractivity contribution in [2.24, 2.45) is 17.8 Å². The van der Waals surface area contributed by atoms with Gasteiger partial charge in [0.15, 0.2) is 0 Å². The second kappa shape index (κ2) is 9.20. The summed E-state index contributed by atoms with van der Waals surface area (Å²) in [7, 11) is -3.78. The van der Waals surface area contributed by atoms with Crippen LogP contribution in [0.1, 0.15) is 48.0 Å². The van der Waals surface area contributed by atoms with Gasteiger partial charge in [-0.25, -0.2) is 13.1 Å². The molecule has 0 radical (unpaired) electrons. The summed E-state index contributed by atoms with van der Waals surface area (Å²) in [4.78, 5) is 24.6. The lowest BCUT2D eigenvalue weighted by Gasteiger charge is -2.20. The highest BCUT2D eigenvalue weighted by atomic mass is 32.2. The third-order valence-corrected chi connectivity index (χ3v) is 7.76. The molecule has 0 aliphatic heterocycles. The molecule has 2 amide bonds. The molecule has 3 unspecified atom stereocenters. The summed E-state index contributed by atoms with van der Waals surface area (Å²) in [6, 6.07) is 14.9. The number of benzene rings is 2. The Hall–Kier alpha value is -2.71. The molecule has 2 aliphatic rings. The highest BCUT2D eigenvalue weighted by Crippen LogP contribution is 2.49. The van der Waals surface area contributed by atoms with Gasteiger partial charge in [-0.3, -0.25) is 20.4 Å². The Morgan fingerprint density at radius 2 is 1.74 bits per heavy atom. The van der Waals surface area contributed by atoms with E-state index in [2.05, 4.69) is 15.6 Å². The normalized spacial score (nSPS) is 22.3. The summed E-state index contributed by atoms with van der Waals surface area (Å²) in [5.41, 5.74) is 5.86. The minimum absolute atomic E-state index is 0.00983. The SMILES string of the molecule is O=C(CC1CC2CCC1C2)NNC(=O)c1cccc(S(=O)(=O)NCc2ccccc2)c1. The van der Waals surface area contributed by atoms with Gasteiger partial charge in [-0.2, -0.15) is 0 Å². The standard InChI is InChI=1S/C23H27N3O4S/c27-22(14-20-12-17-9-10-18(20)11-17)25-26-23(28)19-7-4-8-21(13-19)31(29,30)24-15-16-5-2-1-3-6-16/h1-8,13,17-18,20,24H,9-12,14-15H2,(H,25,27)(H,26,28). The zero-order valence-electron chi connectivity index (χ0n) is 17.2. The number of sulfonamides is 1. The quantitative estimate of drug-likeness (QED) is 0.575. The van der Waals surface area contributed by atoms with Crippen molar-refractivity contribution in [3.63, 3.8) is 0 Å². The lowest BCUT2D eigenvalue weighted by Crippen LogP contribution is -2.42. The maximum atomic E-state index is 12.6. The van der Waals surface area contributed by atoms with Crippen LogP contribution in [-0.2, 0) is 21.4 Å². The highest BCUT2D eigenvalue weighted by Gasteiger charge is 2.40. The molecule has 4 rings (SSSR count). The first-order valence-corrected chi connectivity index (χ1v) is 12.1. The minimum Gasteiger partial charge on any atom is -0.273 e. The Balaban J connectivity index is 1.31. The fraction of sp³-hybridized carbons (Fsp3) is 0.391. The van der Waals surface area contributed by atoms with E-state index < -0.39 is 15.9 Å². The Bertz CT molecular complexity index is 1060. The number of hydrazine groups is 1. The van der Waals surface area contributed by atoms with Gasteiger partial charge in [0.05, 0.1) is 4.90 Å². The molecule has 0 spiro atoms. The second-order valence-corrected chi connectivity index (χ2v) is 10.2. The van der Waals surface area contributed by atoms with Crippen LogP contribution < -0.4 is 15.6 Å². The molecule has 2 aliphatic carbocycles. The average molecular weight is 442 g/mol. The van der Waals surface area contributed by atoms with Crippen LogP contribution in [0, 0.1) is 17.8 Å². The van der Waals surface area contributed by atoms with Crippen molar-refractivity contribution in [3.05, 3.63) is 65.7 Å². The van der Waals surface area contributed by atoms with E-state index in [-0.39, 0.29) is 22.9 Å². The van der Waals surface area contributed by atoms with Crippen molar-refractivity contribution in [2.75, 3.05) is 0 Å². The zero-order valence-corrected chi connectivity index (χ0v) is 18.0. The van der Waals surface area contributed by atoms with Gasteiger partial charge in [0.1, 0.15) is 0 Å². The van der Waals surface area contributed by atoms with E-state index in [4.69, 9.17) is 0 Å². The van der Waals surface area contributed by atoms with Gasteiger partial charge in [-0.15, -0.1) is 0 Å². The molecule has 2 aromatic carbocycles. The molecule has 164 valence electrons. The van der Waals surface area contributed by atoms with Crippen LogP contribution in [0.2, 0.25) is 0 Å². The zero-order chi connectivity index (χ0) is 21.8. The summed E-state index contributed by atoms with van der Waals surface area (Å²) < 4.78 is 27.7. The van der Waals surface area contributed by atoms with Gasteiger partial charge in [-0.05, 0) is 60.8 Å². The molecule has 2 fully saturated rings. The summed E-state index contributed by atoms with van der Waals surface area (Å²) in [6.45, 7) is 0.151. The van der Waals surface area contributed by atoms with Crippen molar-refractivity contribution in [1.82, 2.24) is 15.6 Å². The lowest BCUT2D eigenvalue weighted by atomic mass is 9.86. The van der Waals surface area contributed by atoms with Crippen LogP contribution in [0.3, 0.4) is 0 Å². The van der Waals surface area contributed by atoms with Gasteiger partial charge in [0.25, 0.3) is 5.91 Å². The van der Waals surface area contributed by atoms with E-state index in [9.17, 15) is 18.0 Å². The van der Waals surface area contributed by atoms with Crippen LogP contribution in [0.5, 0.6) is 0 Å². The number of carbonyl (C=O) groups is 2. The van der Waals surface area contributed by atoms with Gasteiger partial charge < -0.3 is 0 Å². The summed E-state index contributed by atoms with van der Waals surface area (Å²) in [5.74, 6) is 1.04. The molecule has 2 saturated carbocycles. The molecule has 0 heterocycles. The number of nitrogens with one attached hydrogen (secondary N) is 3. The van der Waals surface area contributed by atoms with E-state index in [0.29, 0.717) is 18.3 Å². The number of rotatable bonds is 7. The average Bonchev–Trinajstić information content (AvgIpc) is 3.40. The fourth-order valence-corrected chi connectivity index (χ4v) is 5.84. The molecule has 2 aromatic rings. The molecule has 8 heteroatoms. The lowest BCUT2D eigenvalue weighted by molar-refractivity contribution is -0.123. The summed E-state index contributed by atoms with van der Waals surface area (Å²) in [5, 5.41) is 0. The molecule has 2 bridgehead atoms. The van der Waals surface area contributed by atoms with Crippen LogP contribution in [-0.4, -0.2) is 20.2 Å². The van der Waals surface area contributed by atoms with Crippen molar-refractivity contribution in [1.29, 1.82) is 0 Å². The van der Waals surface area contributed by atoms with E-state index in [1.165, 1.54) is 43.5 Å². The van der Waals surface area contributed by atoms with Crippen molar-refractivity contribution in [2.45, 2.75) is 43.5 Å². The van der Waals surface area contributed by atoms with E-state index in [0.717, 1.165) is 17.9 Å². The molecule has 3 atom stereocenters. The number of carbonyl (C=O) groups excluding carboxylic acids is 2. The molecule has 0 saturated heterocycles. The Morgan fingerprint density at radius 3 is 2.45 bits per heavy atom. The van der Waals surface area contributed by atoms with E-state index >= 15 is 0 Å². The fourth-order valence-electron chi connectivity index (χ4n) is 4.78. The molecular weight excluding hydrogens is 414 g/mol. The van der Waals surface area contributed by atoms with Crippen LogP contribution in [0.25, 0.3) is 0 Å². The molecule has 31 heavy (non-hydrogen) atoms. The predicted octanol–water partition coefficient (Wildman–Crippen LogP) is 2.75. The molecule has 7 nitrogen and oxygen atoms in total. The van der Waals surface area contributed by atoms with Gasteiger partial charge >= 0.3 is 0 Å². The third kappa shape index (κ3) is 5.32. The first kappa shape index (κ1) is 21.5. The van der Waals surface area contributed by atoms with E-state index in [1.54, 1.807) is 0 Å². The molecule has 3 N–H and O–H groups in total. The maximum Gasteiger partial charge on any atom is 0.269 e. The predicted molar refractivity (Wildman–Crippen MR) is 116 cm³/mol. The largest absolute Gasteiger partial charge is 0.273 e. The summed E-state index contributed by atoms with van der Waals surface area (Å²) in [6.07, 6.45) is 5.22. The smallest absolute Gasteiger partial charge is 0.269 e. The van der Waals surface area contributed by atoms with Crippen molar-refractivity contribution >= 4 is 21.8 Å². The van der Waals surface area contributed by atoms with Crippen LogP contribution >= 0.6 is 0 Å². The highest BCUT2D eigenvalue weighted by molar-refractivity contribution is 7.89. The molecular formula is C23H27N3O4S. The minimum atomic E-state index is -3.78. The van der Waals surface area contributed by atoms with Gasteiger partial charge in [0.2, 0.25) is 15.9 Å². The third-order valence-electron chi connectivity index (χ3n) is 6.36.